The fraction of sp³-hybridized carbons (Fsp3) is 0.300. The summed E-state index contributed by atoms with van der Waals surface area (Å²) in [6, 6.07) is 5.99. The van der Waals surface area contributed by atoms with Crippen molar-refractivity contribution in [3.05, 3.63) is 60.3 Å². The first-order chi connectivity index (χ1) is 12.4. The van der Waals surface area contributed by atoms with Crippen molar-refractivity contribution < 1.29 is 18.7 Å². The van der Waals surface area contributed by atoms with Gasteiger partial charge in [0, 0.05) is 25.1 Å². The van der Waals surface area contributed by atoms with E-state index >= 15 is 0 Å². The number of hydrogen-bond donors (Lipinski definition) is 0. The van der Waals surface area contributed by atoms with Crippen LogP contribution < -0.4 is 0 Å². The van der Waals surface area contributed by atoms with Crippen molar-refractivity contribution in [2.24, 2.45) is 0 Å². The molecule has 6 heteroatoms. The minimum absolute atomic E-state index is 0.00974. The van der Waals surface area contributed by atoms with Crippen LogP contribution in [0, 0.1) is 5.82 Å². The van der Waals surface area contributed by atoms with Gasteiger partial charge in [0.1, 0.15) is 11.6 Å². The first-order valence-corrected chi connectivity index (χ1v) is 8.41. The van der Waals surface area contributed by atoms with Crippen molar-refractivity contribution in [3.63, 3.8) is 0 Å². The monoisotopic (exact) mass is 356 g/mol. The van der Waals surface area contributed by atoms with Crippen LogP contribution in [0.25, 0.3) is 17.3 Å². The molecule has 1 fully saturated rings. The second kappa shape index (κ2) is 7.76. The first kappa shape index (κ1) is 18.2. The molecule has 3 rings (SSSR count). The Labute approximate surface area is 151 Å². The molecule has 0 aliphatic carbocycles. The number of nitrogens with zero attached hydrogens (tertiary/aromatic N) is 2. The van der Waals surface area contributed by atoms with Crippen molar-refractivity contribution in [2.45, 2.75) is 32.7 Å². The van der Waals surface area contributed by atoms with Gasteiger partial charge >= 0.3 is 0 Å². The van der Waals surface area contributed by atoms with Crippen LogP contribution in [0.1, 0.15) is 30.9 Å². The lowest BCUT2D eigenvalue weighted by molar-refractivity contribution is -0.0416. The molecule has 136 valence electrons. The smallest absolute Gasteiger partial charge is 0.229 e. The Hall–Kier alpha value is -2.57. The van der Waals surface area contributed by atoms with Crippen LogP contribution in [0.4, 0.5) is 4.39 Å². The zero-order chi connectivity index (χ0) is 18.7. The Morgan fingerprint density at radius 3 is 2.77 bits per heavy atom. The van der Waals surface area contributed by atoms with E-state index in [2.05, 4.69) is 11.6 Å². The standard InChI is InChI=1S/C20H21FN2O3/c1-13(10-18-12-25-15(3)26-18)4-9-20-22-19(11-23(20)14(2)24)16-5-7-17(21)8-6-16/h4-9,11,15,18H,1,10,12H2,2-3H3/b9-4-/t15-,18-/m0/s1. The van der Waals surface area contributed by atoms with Crippen molar-refractivity contribution in [3.8, 4) is 11.3 Å². The summed E-state index contributed by atoms with van der Waals surface area (Å²) in [6.07, 6.45) is 5.66. The average Bonchev–Trinajstić information content (AvgIpc) is 3.20. The van der Waals surface area contributed by atoms with Gasteiger partial charge in [-0.3, -0.25) is 9.36 Å². The molecule has 0 unspecified atom stereocenters. The number of carbonyl (C=O) groups is 1. The Morgan fingerprint density at radius 1 is 1.42 bits per heavy atom. The van der Waals surface area contributed by atoms with E-state index in [1.807, 2.05) is 13.0 Å². The van der Waals surface area contributed by atoms with Gasteiger partial charge in [-0.05, 0) is 37.3 Å². The molecule has 5 nitrogen and oxygen atoms in total. The van der Waals surface area contributed by atoms with E-state index in [-0.39, 0.29) is 24.1 Å². The molecule has 1 aliphatic heterocycles. The molecule has 1 aromatic carbocycles. The van der Waals surface area contributed by atoms with Crippen LogP contribution >= 0.6 is 0 Å². The highest BCUT2D eigenvalue weighted by atomic mass is 19.1. The molecular weight excluding hydrogens is 335 g/mol. The fourth-order valence-electron chi connectivity index (χ4n) is 2.78. The van der Waals surface area contributed by atoms with Crippen molar-refractivity contribution in [2.75, 3.05) is 6.61 Å². The van der Waals surface area contributed by atoms with Crippen LogP contribution in [0.15, 0.2) is 48.7 Å². The maximum Gasteiger partial charge on any atom is 0.229 e. The summed E-state index contributed by atoms with van der Waals surface area (Å²) < 4.78 is 25.5. The van der Waals surface area contributed by atoms with Crippen LogP contribution in [0.2, 0.25) is 0 Å². The SMILES string of the molecule is C=C(/C=C\c1nc(-c2ccc(F)cc2)cn1C(C)=O)C[C@H]1CO[C@H](C)O1. The molecule has 1 saturated heterocycles. The van der Waals surface area contributed by atoms with Gasteiger partial charge in [-0.25, -0.2) is 9.37 Å². The van der Waals surface area contributed by atoms with E-state index in [0.717, 1.165) is 11.1 Å². The summed E-state index contributed by atoms with van der Waals surface area (Å²) in [5.74, 6) is 0.0241. The number of imidazole rings is 1. The van der Waals surface area contributed by atoms with Crippen LogP contribution in [-0.4, -0.2) is 34.5 Å². The molecule has 0 N–H and O–H groups in total. The molecular formula is C20H21FN2O3. The minimum Gasteiger partial charge on any atom is -0.350 e. The Morgan fingerprint density at radius 2 is 2.15 bits per heavy atom. The van der Waals surface area contributed by atoms with Gasteiger partial charge in [0.05, 0.1) is 18.4 Å². The molecule has 2 heterocycles. The topological polar surface area (TPSA) is 53.4 Å². The first-order valence-electron chi connectivity index (χ1n) is 8.41. The second-order valence-corrected chi connectivity index (χ2v) is 6.24. The fourth-order valence-corrected chi connectivity index (χ4v) is 2.78. The predicted octanol–water partition coefficient (Wildman–Crippen LogP) is 4.07. The van der Waals surface area contributed by atoms with E-state index in [9.17, 15) is 9.18 Å². The molecule has 0 saturated carbocycles. The highest BCUT2D eigenvalue weighted by Crippen LogP contribution is 2.21. The van der Waals surface area contributed by atoms with Gasteiger partial charge < -0.3 is 9.47 Å². The summed E-state index contributed by atoms with van der Waals surface area (Å²) in [5.41, 5.74) is 2.20. The Balaban J connectivity index is 1.76. The summed E-state index contributed by atoms with van der Waals surface area (Å²) in [5, 5.41) is 0. The molecule has 0 amide bonds. The molecule has 2 atom stereocenters. The third kappa shape index (κ3) is 4.33. The van der Waals surface area contributed by atoms with Crippen LogP contribution in [-0.2, 0) is 9.47 Å². The van der Waals surface area contributed by atoms with Crippen LogP contribution in [0.3, 0.4) is 0 Å². The van der Waals surface area contributed by atoms with Crippen molar-refractivity contribution >= 4 is 12.0 Å². The predicted molar refractivity (Wildman–Crippen MR) is 97.0 cm³/mol. The van der Waals surface area contributed by atoms with Crippen molar-refractivity contribution in [1.82, 2.24) is 9.55 Å². The Kier molecular flexibility index (Phi) is 5.44. The maximum absolute atomic E-state index is 13.1. The van der Waals surface area contributed by atoms with Gasteiger partial charge in [0.2, 0.25) is 5.91 Å². The van der Waals surface area contributed by atoms with E-state index in [0.29, 0.717) is 24.5 Å². The number of hydrogen-bond acceptors (Lipinski definition) is 4. The molecule has 1 aliphatic rings. The van der Waals surface area contributed by atoms with Gasteiger partial charge in [-0.2, -0.15) is 0 Å². The number of rotatable bonds is 5. The number of carbonyl (C=O) groups excluding carboxylic acids is 1. The lowest BCUT2D eigenvalue weighted by Gasteiger charge is -2.08. The lowest BCUT2D eigenvalue weighted by atomic mass is 10.1. The normalized spacial score (nSPS) is 20.0. The summed E-state index contributed by atoms with van der Waals surface area (Å²) in [6.45, 7) is 7.89. The summed E-state index contributed by atoms with van der Waals surface area (Å²) in [7, 11) is 0. The van der Waals surface area contributed by atoms with Gasteiger partial charge in [-0.15, -0.1) is 0 Å². The van der Waals surface area contributed by atoms with E-state index in [1.165, 1.54) is 23.6 Å². The van der Waals surface area contributed by atoms with E-state index in [1.54, 1.807) is 24.4 Å². The zero-order valence-corrected chi connectivity index (χ0v) is 14.8. The van der Waals surface area contributed by atoms with Gasteiger partial charge in [-0.1, -0.05) is 18.2 Å². The molecule has 1 aromatic heterocycles. The maximum atomic E-state index is 13.1. The third-order valence-electron chi connectivity index (χ3n) is 4.07. The molecule has 0 spiro atoms. The van der Waals surface area contributed by atoms with Gasteiger partial charge in [0.25, 0.3) is 0 Å². The van der Waals surface area contributed by atoms with E-state index in [4.69, 9.17) is 9.47 Å². The highest BCUT2D eigenvalue weighted by molar-refractivity contribution is 5.80. The molecule has 26 heavy (non-hydrogen) atoms. The Bertz CT molecular complexity index is 839. The number of ether oxygens (including phenoxy) is 2. The van der Waals surface area contributed by atoms with Gasteiger partial charge in [0.15, 0.2) is 6.29 Å². The minimum atomic E-state index is -0.316. The molecule has 0 radical (unpaired) electrons. The van der Waals surface area contributed by atoms with Crippen LogP contribution in [0.5, 0.6) is 0 Å². The third-order valence-corrected chi connectivity index (χ3v) is 4.07. The number of benzene rings is 1. The number of halogens is 1. The molecule has 0 bridgehead atoms. The van der Waals surface area contributed by atoms with Crippen molar-refractivity contribution in [1.29, 1.82) is 0 Å². The number of allylic oxidation sites excluding steroid dienone is 1. The number of aromatic nitrogens is 2. The largest absolute Gasteiger partial charge is 0.350 e. The zero-order valence-electron chi connectivity index (χ0n) is 14.8. The quantitative estimate of drug-likeness (QED) is 0.758. The molecule has 2 aromatic rings. The lowest BCUT2D eigenvalue weighted by Crippen LogP contribution is -2.10. The summed E-state index contributed by atoms with van der Waals surface area (Å²) in [4.78, 5) is 16.4. The highest BCUT2D eigenvalue weighted by Gasteiger charge is 2.22. The summed E-state index contributed by atoms with van der Waals surface area (Å²) >= 11 is 0. The second-order valence-electron chi connectivity index (χ2n) is 6.24. The average molecular weight is 356 g/mol. The van der Waals surface area contributed by atoms with E-state index < -0.39 is 0 Å².